The summed E-state index contributed by atoms with van der Waals surface area (Å²) in [6, 6.07) is 1.71. The Morgan fingerprint density at radius 2 is 1.19 bits per heavy atom. The average molecular weight is 612 g/mol. The van der Waals surface area contributed by atoms with Gasteiger partial charge in [-0.2, -0.15) is 8.78 Å². The van der Waals surface area contributed by atoms with Crippen molar-refractivity contribution in [1.82, 2.24) is 0 Å². The van der Waals surface area contributed by atoms with Crippen molar-refractivity contribution in [3.05, 3.63) is 123 Å². The van der Waals surface area contributed by atoms with Crippen LogP contribution >= 0.6 is 0 Å². The summed E-state index contributed by atoms with van der Waals surface area (Å²) in [6.07, 6.45) is 0.651. The predicted molar refractivity (Wildman–Crippen MR) is 116 cm³/mol. The fourth-order valence-electron chi connectivity index (χ4n) is 4.40. The summed E-state index contributed by atoms with van der Waals surface area (Å²) in [6.45, 7) is 0. The highest BCUT2D eigenvalue weighted by Crippen LogP contribution is 2.55. The number of hydrogen-bond acceptors (Lipinski definition) is 3. The number of fused-ring (bicyclic) bond motifs is 2. The minimum Gasteiger partial charge on any atom is -0.498 e. The SMILES string of the molecule is OB(OC1=C(F)C(F)=C2C1=CC=C(F)C2(F)c1cccc(F)c1F)Oc1c(F)c(F)c(F)c2c(F)c(F)c(F)c(F)c12. The summed E-state index contributed by atoms with van der Waals surface area (Å²) in [4.78, 5) is 0. The van der Waals surface area contributed by atoms with Gasteiger partial charge in [0.1, 0.15) is 5.83 Å². The molecule has 0 radical (unpaired) electrons. The van der Waals surface area contributed by atoms with E-state index in [0.29, 0.717) is 24.3 Å². The molecule has 1 atom stereocenters. The van der Waals surface area contributed by atoms with Crippen LogP contribution in [0.1, 0.15) is 5.56 Å². The van der Waals surface area contributed by atoms with Gasteiger partial charge in [0.05, 0.1) is 16.3 Å². The van der Waals surface area contributed by atoms with Crippen LogP contribution in [-0.2, 0) is 10.3 Å². The molecule has 0 fully saturated rings. The zero-order valence-corrected chi connectivity index (χ0v) is 19.6. The van der Waals surface area contributed by atoms with Crippen molar-refractivity contribution >= 4 is 18.1 Å². The van der Waals surface area contributed by atoms with E-state index in [1.807, 2.05) is 0 Å². The molecule has 1 unspecified atom stereocenters. The molecule has 0 aromatic heterocycles. The molecule has 0 saturated carbocycles. The Kier molecular flexibility index (Phi) is 6.83. The summed E-state index contributed by atoms with van der Waals surface area (Å²) in [5, 5.41) is 6.13. The Balaban J connectivity index is 1.56. The van der Waals surface area contributed by atoms with Gasteiger partial charge in [0, 0.05) is 11.1 Å². The Morgan fingerprint density at radius 3 is 1.81 bits per heavy atom. The second-order valence-electron chi connectivity index (χ2n) is 8.51. The fourth-order valence-corrected chi connectivity index (χ4v) is 4.40. The average Bonchev–Trinajstić information content (AvgIpc) is 3.19. The monoisotopic (exact) mass is 612 g/mol. The molecule has 0 saturated heterocycles. The summed E-state index contributed by atoms with van der Waals surface area (Å²) < 4.78 is 196. The van der Waals surface area contributed by atoms with Crippen molar-refractivity contribution in [2.75, 3.05) is 0 Å². The Hall–Kier alpha value is -4.41. The van der Waals surface area contributed by atoms with Gasteiger partial charge in [-0.05, 0) is 18.2 Å². The third kappa shape index (κ3) is 3.89. The Morgan fingerprint density at radius 1 is 0.619 bits per heavy atom. The van der Waals surface area contributed by atoms with Crippen molar-refractivity contribution < 1.29 is 71.4 Å². The number of rotatable bonds is 5. The zero-order chi connectivity index (χ0) is 31.0. The second kappa shape index (κ2) is 9.85. The van der Waals surface area contributed by atoms with E-state index in [2.05, 4.69) is 9.31 Å². The molecule has 2 aliphatic rings. The van der Waals surface area contributed by atoms with Gasteiger partial charge < -0.3 is 14.3 Å². The standard InChI is InChI=1S/C25H6BF13O3/c27-8-3-1-2-7(13(8)29)25(39)9(28)5-4-6-12(25)17(33)21(37)23(6)41-26(40)42-24-11-10(15(31)20(36)22(24)38)14(30)18(34)19(35)16(11)32/h1-5,40H. The normalized spacial score (nSPS) is 18.4. The van der Waals surface area contributed by atoms with E-state index in [-0.39, 0.29) is 6.08 Å². The van der Waals surface area contributed by atoms with Crippen molar-refractivity contribution in [1.29, 1.82) is 0 Å². The van der Waals surface area contributed by atoms with Crippen molar-refractivity contribution in [2.45, 2.75) is 5.67 Å². The van der Waals surface area contributed by atoms with E-state index >= 15 is 4.39 Å². The Labute approximate surface area is 224 Å². The first-order valence-corrected chi connectivity index (χ1v) is 11.0. The highest BCUT2D eigenvalue weighted by atomic mass is 19.2. The molecule has 0 aliphatic heterocycles. The lowest BCUT2D eigenvalue weighted by Crippen LogP contribution is -2.31. The van der Waals surface area contributed by atoms with Crippen LogP contribution in [-0.4, -0.2) is 12.3 Å². The van der Waals surface area contributed by atoms with Gasteiger partial charge in [-0.3, -0.25) is 0 Å². The van der Waals surface area contributed by atoms with E-state index in [4.69, 9.17) is 0 Å². The van der Waals surface area contributed by atoms with Crippen molar-refractivity contribution in [3.63, 3.8) is 0 Å². The van der Waals surface area contributed by atoms with Gasteiger partial charge in [0.15, 0.2) is 69.7 Å². The number of alkyl halides is 1. The Bertz CT molecular complexity index is 1840. The molecule has 0 spiro atoms. The van der Waals surface area contributed by atoms with Crippen LogP contribution in [0.5, 0.6) is 5.75 Å². The van der Waals surface area contributed by atoms with Gasteiger partial charge in [0.25, 0.3) is 0 Å². The number of allylic oxidation sites excluding steroid dienone is 6. The summed E-state index contributed by atoms with van der Waals surface area (Å²) >= 11 is 0. The highest BCUT2D eigenvalue weighted by molar-refractivity contribution is 6.36. The maximum absolute atomic E-state index is 16.0. The summed E-state index contributed by atoms with van der Waals surface area (Å²) in [5.74, 6) is -32.0. The van der Waals surface area contributed by atoms with Crippen LogP contribution in [0.3, 0.4) is 0 Å². The molecule has 3 nitrogen and oxygen atoms in total. The first-order chi connectivity index (χ1) is 19.6. The lowest BCUT2D eigenvalue weighted by atomic mass is 9.80. The summed E-state index contributed by atoms with van der Waals surface area (Å²) in [7, 11) is -3.26. The lowest BCUT2D eigenvalue weighted by Gasteiger charge is -2.30. The van der Waals surface area contributed by atoms with Crippen molar-refractivity contribution in [3.8, 4) is 5.75 Å². The van der Waals surface area contributed by atoms with Crippen molar-refractivity contribution in [2.24, 2.45) is 0 Å². The van der Waals surface area contributed by atoms with Gasteiger partial charge in [-0.15, -0.1) is 0 Å². The largest absolute Gasteiger partial charge is 0.785 e. The van der Waals surface area contributed by atoms with Crippen LogP contribution in [0.2, 0.25) is 0 Å². The molecule has 3 aromatic carbocycles. The molecule has 1 N–H and O–H groups in total. The van der Waals surface area contributed by atoms with Gasteiger partial charge in [-0.1, -0.05) is 12.1 Å². The molecule has 17 heteroatoms. The molecule has 0 bridgehead atoms. The quantitative estimate of drug-likeness (QED) is 0.140. The maximum Gasteiger partial charge on any atom is 0.785 e. The van der Waals surface area contributed by atoms with E-state index in [1.54, 1.807) is 0 Å². The van der Waals surface area contributed by atoms with Crippen LogP contribution in [0.4, 0.5) is 57.1 Å². The van der Waals surface area contributed by atoms with Gasteiger partial charge >= 0.3 is 7.32 Å². The second-order valence-corrected chi connectivity index (χ2v) is 8.51. The summed E-state index contributed by atoms with van der Waals surface area (Å²) in [5.41, 5.74) is -8.23. The number of benzene rings is 3. The molecular weight excluding hydrogens is 606 g/mol. The van der Waals surface area contributed by atoms with E-state index in [9.17, 15) is 57.7 Å². The number of halogens is 13. The molecule has 0 amide bonds. The first kappa shape index (κ1) is 29.1. The zero-order valence-electron chi connectivity index (χ0n) is 19.6. The number of hydrogen-bond donors (Lipinski definition) is 1. The molecule has 5 rings (SSSR count). The van der Waals surface area contributed by atoms with Crippen LogP contribution in [0, 0.1) is 52.4 Å². The lowest BCUT2D eigenvalue weighted by molar-refractivity contribution is 0.207. The van der Waals surface area contributed by atoms with Crippen LogP contribution in [0.25, 0.3) is 10.8 Å². The van der Waals surface area contributed by atoms with E-state index in [1.165, 1.54) is 0 Å². The van der Waals surface area contributed by atoms with E-state index < -0.39 is 122 Å². The van der Waals surface area contributed by atoms with Gasteiger partial charge in [0.2, 0.25) is 11.5 Å². The minimum atomic E-state index is -4.03. The highest BCUT2D eigenvalue weighted by Gasteiger charge is 2.54. The molecule has 3 aromatic rings. The molecule has 2 aliphatic carbocycles. The molecule has 0 heterocycles. The third-order valence-electron chi connectivity index (χ3n) is 6.25. The third-order valence-corrected chi connectivity index (χ3v) is 6.25. The van der Waals surface area contributed by atoms with Crippen LogP contribution in [0.15, 0.2) is 64.7 Å². The van der Waals surface area contributed by atoms with Crippen LogP contribution < -0.4 is 4.65 Å². The minimum absolute atomic E-state index is 0.212. The maximum atomic E-state index is 16.0. The molecular formula is C25H6BF13O3. The first-order valence-electron chi connectivity index (χ1n) is 11.0. The van der Waals surface area contributed by atoms with Gasteiger partial charge in [-0.25, -0.2) is 48.3 Å². The molecule has 218 valence electrons. The van der Waals surface area contributed by atoms with E-state index in [0.717, 1.165) is 0 Å². The molecule has 42 heavy (non-hydrogen) atoms. The smallest absolute Gasteiger partial charge is 0.498 e. The topological polar surface area (TPSA) is 38.7 Å². The fraction of sp³-hybridized carbons (Fsp3) is 0.0400. The predicted octanol–water partition coefficient (Wildman–Crippen LogP) is 7.54.